The molecule has 1 N–H and O–H groups in total. The van der Waals surface area contributed by atoms with Crippen LogP contribution in [-0.4, -0.2) is 22.8 Å². The molecule has 0 bridgehead atoms. The summed E-state index contributed by atoms with van der Waals surface area (Å²) in [7, 11) is 1.62. The van der Waals surface area contributed by atoms with Crippen LogP contribution in [0.1, 0.15) is 27.9 Å². The first-order chi connectivity index (χ1) is 17.8. The molecule has 6 nitrogen and oxygen atoms in total. The van der Waals surface area contributed by atoms with Crippen molar-refractivity contribution >= 4 is 41.0 Å². The minimum Gasteiger partial charge on any atom is -0.496 e. The molecule has 4 aromatic rings. The molecule has 0 unspecified atom stereocenters. The average molecular weight is 536 g/mol. The molecule has 37 heavy (non-hydrogen) atoms. The van der Waals surface area contributed by atoms with Crippen LogP contribution in [0.15, 0.2) is 72.8 Å². The van der Waals surface area contributed by atoms with E-state index in [0.717, 1.165) is 39.4 Å². The molecule has 3 aromatic carbocycles. The van der Waals surface area contributed by atoms with Gasteiger partial charge in [0.15, 0.2) is 5.82 Å². The minimum atomic E-state index is -0.297. The van der Waals surface area contributed by atoms with Crippen molar-refractivity contribution in [1.29, 1.82) is 0 Å². The summed E-state index contributed by atoms with van der Waals surface area (Å²) >= 11 is 12.6. The lowest BCUT2D eigenvalue weighted by Gasteiger charge is -2.12. The summed E-state index contributed by atoms with van der Waals surface area (Å²) < 4.78 is 13.2. The molecular formula is C29H27Cl2N3O3. The number of methoxy groups -OCH3 is 1. The number of aromatic nitrogens is 2. The molecule has 0 aliphatic rings. The molecule has 0 saturated carbocycles. The second kappa shape index (κ2) is 12.0. The number of benzene rings is 3. The third kappa shape index (κ3) is 6.73. The van der Waals surface area contributed by atoms with Gasteiger partial charge in [0, 0.05) is 39.0 Å². The molecular weight excluding hydrogens is 509 g/mol. The molecule has 1 amide bonds. The zero-order valence-electron chi connectivity index (χ0n) is 20.8. The van der Waals surface area contributed by atoms with Gasteiger partial charge in [-0.1, -0.05) is 53.5 Å². The van der Waals surface area contributed by atoms with Gasteiger partial charge in [-0.15, -0.1) is 0 Å². The first-order valence-electron chi connectivity index (χ1n) is 11.7. The van der Waals surface area contributed by atoms with Gasteiger partial charge >= 0.3 is 0 Å². The zero-order chi connectivity index (χ0) is 26.4. The third-order valence-electron chi connectivity index (χ3n) is 5.81. The zero-order valence-corrected chi connectivity index (χ0v) is 22.3. The number of halogens is 2. The second-order valence-corrected chi connectivity index (χ2v) is 9.29. The van der Waals surface area contributed by atoms with E-state index in [1.54, 1.807) is 42.1 Å². The Kier molecular flexibility index (Phi) is 8.54. The molecule has 4 rings (SSSR count). The van der Waals surface area contributed by atoms with Gasteiger partial charge in [-0.3, -0.25) is 9.48 Å². The topological polar surface area (TPSA) is 65.4 Å². The van der Waals surface area contributed by atoms with Crippen LogP contribution in [0, 0.1) is 13.8 Å². The molecule has 8 heteroatoms. The SMILES string of the molecule is COc1ccc(/C=C/C(=O)Nc2cc(C)n(Cc3c(Cl)cccc3Cl)n2)cc1COc1ccccc1C. The van der Waals surface area contributed by atoms with E-state index in [1.807, 2.05) is 56.3 Å². The number of nitrogens with zero attached hydrogens (tertiary/aromatic N) is 2. The first-order valence-corrected chi connectivity index (χ1v) is 12.4. The second-order valence-electron chi connectivity index (χ2n) is 8.48. The maximum atomic E-state index is 12.6. The molecule has 0 atom stereocenters. The predicted molar refractivity (Wildman–Crippen MR) is 149 cm³/mol. The Morgan fingerprint density at radius 2 is 1.76 bits per heavy atom. The summed E-state index contributed by atoms with van der Waals surface area (Å²) in [4.78, 5) is 12.6. The number of carbonyl (C=O) groups excluding carboxylic acids is 1. The Morgan fingerprint density at radius 3 is 2.49 bits per heavy atom. The van der Waals surface area contributed by atoms with Gasteiger partial charge in [-0.05, 0) is 61.4 Å². The van der Waals surface area contributed by atoms with Gasteiger partial charge in [0.1, 0.15) is 18.1 Å². The molecule has 0 fully saturated rings. The smallest absolute Gasteiger partial charge is 0.249 e. The lowest BCUT2D eigenvalue weighted by molar-refractivity contribution is -0.111. The first kappa shape index (κ1) is 26.3. The van der Waals surface area contributed by atoms with Crippen LogP contribution in [0.2, 0.25) is 10.0 Å². The standard InChI is InChI=1S/C29H27Cl2N3O3/c1-19-7-4-5-10-26(19)37-18-22-16-21(11-13-27(22)36-3)12-14-29(35)32-28-15-20(2)34(33-28)17-23-24(30)8-6-9-25(23)31/h4-16H,17-18H2,1-3H3,(H,32,33,35)/b14-12+. The lowest BCUT2D eigenvalue weighted by atomic mass is 10.1. The molecule has 190 valence electrons. The highest BCUT2D eigenvalue weighted by molar-refractivity contribution is 6.36. The number of rotatable bonds is 9. The number of ether oxygens (including phenoxy) is 2. The summed E-state index contributed by atoms with van der Waals surface area (Å²) in [6.45, 7) is 4.64. The van der Waals surface area contributed by atoms with Crippen molar-refractivity contribution in [3.8, 4) is 11.5 Å². The Balaban J connectivity index is 1.42. The molecule has 0 spiro atoms. The number of anilines is 1. The molecule has 0 saturated heterocycles. The largest absolute Gasteiger partial charge is 0.496 e. The van der Waals surface area contributed by atoms with Gasteiger partial charge in [0.25, 0.3) is 0 Å². The van der Waals surface area contributed by atoms with E-state index in [-0.39, 0.29) is 5.91 Å². The van der Waals surface area contributed by atoms with Crippen molar-refractivity contribution in [3.63, 3.8) is 0 Å². The Labute approximate surface area is 226 Å². The van der Waals surface area contributed by atoms with E-state index in [4.69, 9.17) is 32.7 Å². The van der Waals surface area contributed by atoms with Crippen molar-refractivity contribution in [1.82, 2.24) is 9.78 Å². The van der Waals surface area contributed by atoms with Crippen molar-refractivity contribution in [2.75, 3.05) is 12.4 Å². The molecule has 0 aliphatic carbocycles. The number of amides is 1. The third-order valence-corrected chi connectivity index (χ3v) is 6.52. The maximum Gasteiger partial charge on any atom is 0.249 e. The van der Waals surface area contributed by atoms with Crippen molar-refractivity contribution in [2.45, 2.75) is 27.0 Å². The Morgan fingerprint density at radius 1 is 1.00 bits per heavy atom. The fourth-order valence-electron chi connectivity index (χ4n) is 3.79. The molecule has 1 aromatic heterocycles. The minimum absolute atomic E-state index is 0.297. The van der Waals surface area contributed by atoms with Crippen LogP contribution in [-0.2, 0) is 17.9 Å². The quantitative estimate of drug-likeness (QED) is 0.232. The summed E-state index contributed by atoms with van der Waals surface area (Å²) in [6, 6.07) is 20.7. The summed E-state index contributed by atoms with van der Waals surface area (Å²) in [6.07, 6.45) is 3.20. The fourth-order valence-corrected chi connectivity index (χ4v) is 4.31. The van der Waals surface area contributed by atoms with Gasteiger partial charge in [-0.25, -0.2) is 0 Å². The van der Waals surface area contributed by atoms with Crippen molar-refractivity contribution in [3.05, 3.63) is 111 Å². The van der Waals surface area contributed by atoms with E-state index in [2.05, 4.69) is 10.4 Å². The van der Waals surface area contributed by atoms with Crippen LogP contribution < -0.4 is 14.8 Å². The van der Waals surface area contributed by atoms with Crippen molar-refractivity contribution < 1.29 is 14.3 Å². The van der Waals surface area contributed by atoms with E-state index in [0.29, 0.717) is 29.0 Å². The Bertz CT molecular complexity index is 1430. The Hall–Kier alpha value is -3.74. The number of carbonyl (C=O) groups is 1. The van der Waals surface area contributed by atoms with E-state index >= 15 is 0 Å². The summed E-state index contributed by atoms with van der Waals surface area (Å²) in [5.74, 6) is 1.68. The van der Waals surface area contributed by atoms with Gasteiger partial charge in [0.2, 0.25) is 5.91 Å². The van der Waals surface area contributed by atoms with E-state index in [9.17, 15) is 4.79 Å². The monoisotopic (exact) mass is 535 g/mol. The number of hydrogen-bond acceptors (Lipinski definition) is 4. The van der Waals surface area contributed by atoms with Crippen LogP contribution in [0.5, 0.6) is 11.5 Å². The highest BCUT2D eigenvalue weighted by Gasteiger charge is 2.11. The maximum absolute atomic E-state index is 12.6. The van der Waals surface area contributed by atoms with Crippen LogP contribution in [0.3, 0.4) is 0 Å². The number of aryl methyl sites for hydroxylation is 2. The van der Waals surface area contributed by atoms with Gasteiger partial charge < -0.3 is 14.8 Å². The van der Waals surface area contributed by atoms with E-state index in [1.165, 1.54) is 6.08 Å². The number of para-hydroxylation sites is 1. The normalized spacial score (nSPS) is 11.1. The predicted octanol–water partition coefficient (Wildman–Crippen LogP) is 7.09. The highest BCUT2D eigenvalue weighted by Crippen LogP contribution is 2.26. The summed E-state index contributed by atoms with van der Waals surface area (Å²) in [5, 5.41) is 8.42. The fraction of sp³-hybridized carbons (Fsp3) is 0.172. The van der Waals surface area contributed by atoms with Crippen molar-refractivity contribution in [2.24, 2.45) is 0 Å². The average Bonchev–Trinajstić information content (AvgIpc) is 3.22. The van der Waals surface area contributed by atoms with Crippen LogP contribution in [0.25, 0.3) is 6.08 Å². The number of hydrogen-bond donors (Lipinski definition) is 1. The molecule has 0 aliphatic heterocycles. The number of nitrogens with one attached hydrogen (secondary N) is 1. The molecule has 0 radical (unpaired) electrons. The van der Waals surface area contributed by atoms with Crippen LogP contribution >= 0.6 is 23.2 Å². The van der Waals surface area contributed by atoms with Crippen LogP contribution in [0.4, 0.5) is 5.82 Å². The van der Waals surface area contributed by atoms with E-state index < -0.39 is 0 Å². The highest BCUT2D eigenvalue weighted by atomic mass is 35.5. The van der Waals surface area contributed by atoms with Gasteiger partial charge in [-0.2, -0.15) is 5.10 Å². The lowest BCUT2D eigenvalue weighted by Crippen LogP contribution is -2.10. The summed E-state index contributed by atoms with van der Waals surface area (Å²) in [5.41, 5.74) is 4.41. The molecule has 1 heterocycles. The van der Waals surface area contributed by atoms with Gasteiger partial charge in [0.05, 0.1) is 13.7 Å².